The van der Waals surface area contributed by atoms with E-state index in [1.54, 1.807) is 12.1 Å². The maximum atomic E-state index is 12.8. The molecule has 31 heavy (non-hydrogen) atoms. The molecule has 0 aliphatic carbocycles. The highest BCUT2D eigenvalue weighted by atomic mass is 16.4. The standard InChI is InChI=1S/C21H26BN3O6/c1-21(22(30)31,17-4-2-3-16(18(17)26)20(28)29)24-19(27)15-7-5-14(6-8-15)13-25-11-9-23-10-12-25/h2-8,23,26,30-31H,9-13H2,1H3,(H,24,27)(H,28,29). The number of carbonyl (C=O) groups is 2. The van der Waals surface area contributed by atoms with Crippen LogP contribution < -0.4 is 10.6 Å². The Morgan fingerprint density at radius 1 is 1.13 bits per heavy atom. The molecule has 1 unspecified atom stereocenters. The fourth-order valence-corrected chi connectivity index (χ4v) is 3.60. The number of carboxylic acid groups (broad SMARTS) is 1. The first-order chi connectivity index (χ1) is 14.7. The van der Waals surface area contributed by atoms with Gasteiger partial charge in [0.15, 0.2) is 0 Å². The van der Waals surface area contributed by atoms with Gasteiger partial charge in [-0.2, -0.15) is 0 Å². The zero-order chi connectivity index (χ0) is 22.6. The topological polar surface area (TPSA) is 142 Å². The Bertz CT molecular complexity index is 947. The summed E-state index contributed by atoms with van der Waals surface area (Å²) in [6.45, 7) is 5.86. The fraction of sp³-hybridized carbons (Fsp3) is 0.333. The van der Waals surface area contributed by atoms with Crippen molar-refractivity contribution in [3.8, 4) is 5.75 Å². The second-order valence-corrected chi connectivity index (χ2v) is 7.76. The summed E-state index contributed by atoms with van der Waals surface area (Å²) < 4.78 is 0. The molecule has 0 bridgehead atoms. The van der Waals surface area contributed by atoms with Crippen molar-refractivity contribution < 1.29 is 29.9 Å². The molecule has 1 fully saturated rings. The number of hydrogen-bond acceptors (Lipinski definition) is 7. The fourth-order valence-electron chi connectivity index (χ4n) is 3.60. The number of hydrogen-bond donors (Lipinski definition) is 6. The van der Waals surface area contributed by atoms with Crippen LogP contribution in [-0.4, -0.2) is 70.3 Å². The summed E-state index contributed by atoms with van der Waals surface area (Å²) in [7, 11) is -2.10. The molecule has 9 nitrogen and oxygen atoms in total. The van der Waals surface area contributed by atoms with Crippen LogP contribution in [0.5, 0.6) is 5.75 Å². The second-order valence-electron chi connectivity index (χ2n) is 7.76. The van der Waals surface area contributed by atoms with Crippen molar-refractivity contribution in [2.24, 2.45) is 0 Å². The van der Waals surface area contributed by atoms with E-state index in [4.69, 9.17) is 0 Å². The third kappa shape index (κ3) is 5.05. The summed E-state index contributed by atoms with van der Waals surface area (Å²) in [6.07, 6.45) is 0. The smallest absolute Gasteiger partial charge is 0.483 e. The largest absolute Gasteiger partial charge is 0.507 e. The molecular formula is C21H26BN3O6. The van der Waals surface area contributed by atoms with Crippen LogP contribution >= 0.6 is 0 Å². The third-order valence-electron chi connectivity index (χ3n) is 5.55. The Kier molecular flexibility index (Phi) is 6.96. The van der Waals surface area contributed by atoms with E-state index in [1.165, 1.54) is 25.1 Å². The van der Waals surface area contributed by atoms with Crippen LogP contribution in [0.1, 0.15) is 38.8 Å². The molecule has 3 rings (SSSR count). The van der Waals surface area contributed by atoms with Crippen LogP contribution in [0.4, 0.5) is 0 Å². The van der Waals surface area contributed by atoms with Crippen LogP contribution in [0.2, 0.25) is 0 Å². The van der Waals surface area contributed by atoms with Crippen molar-refractivity contribution in [2.75, 3.05) is 26.2 Å². The van der Waals surface area contributed by atoms with Gasteiger partial charge in [0.2, 0.25) is 0 Å². The van der Waals surface area contributed by atoms with Gasteiger partial charge in [-0.1, -0.05) is 24.3 Å². The summed E-state index contributed by atoms with van der Waals surface area (Å²) in [6, 6.07) is 10.8. The first kappa shape index (κ1) is 22.8. The normalized spacial score (nSPS) is 16.4. The Hall–Kier alpha value is -2.92. The molecule has 1 atom stereocenters. The van der Waals surface area contributed by atoms with Gasteiger partial charge in [-0.25, -0.2) is 4.79 Å². The van der Waals surface area contributed by atoms with Gasteiger partial charge >= 0.3 is 13.1 Å². The monoisotopic (exact) mass is 427 g/mol. The van der Waals surface area contributed by atoms with Crippen molar-refractivity contribution >= 4 is 19.0 Å². The number of benzene rings is 2. The molecule has 1 amide bonds. The highest BCUT2D eigenvalue weighted by Crippen LogP contribution is 2.33. The van der Waals surface area contributed by atoms with Gasteiger partial charge in [0.25, 0.3) is 5.91 Å². The second kappa shape index (κ2) is 9.48. The minimum absolute atomic E-state index is 0.119. The van der Waals surface area contributed by atoms with Gasteiger partial charge < -0.3 is 30.9 Å². The average Bonchev–Trinajstić information content (AvgIpc) is 2.74. The molecule has 164 valence electrons. The summed E-state index contributed by atoms with van der Waals surface area (Å²) in [5, 5.41) is 45.3. The van der Waals surface area contributed by atoms with Crippen molar-refractivity contribution in [1.82, 2.24) is 15.5 Å². The molecule has 6 N–H and O–H groups in total. The number of amides is 1. The average molecular weight is 427 g/mol. The molecule has 0 spiro atoms. The van der Waals surface area contributed by atoms with E-state index in [9.17, 15) is 29.9 Å². The lowest BCUT2D eigenvalue weighted by molar-refractivity contribution is 0.0693. The number of piperazine rings is 1. The van der Waals surface area contributed by atoms with E-state index in [2.05, 4.69) is 15.5 Å². The van der Waals surface area contributed by atoms with E-state index in [0.29, 0.717) is 5.56 Å². The molecule has 0 saturated carbocycles. The number of carbonyl (C=O) groups excluding carboxylic acids is 1. The van der Waals surface area contributed by atoms with Gasteiger partial charge in [-0.15, -0.1) is 0 Å². The number of nitrogens with zero attached hydrogens (tertiary/aromatic N) is 1. The van der Waals surface area contributed by atoms with E-state index in [0.717, 1.165) is 38.3 Å². The van der Waals surface area contributed by atoms with Crippen LogP contribution in [0.15, 0.2) is 42.5 Å². The zero-order valence-electron chi connectivity index (χ0n) is 17.2. The number of carboxylic acids is 1. The lowest BCUT2D eigenvalue weighted by Gasteiger charge is -2.31. The SMILES string of the molecule is CC(NC(=O)c1ccc(CN2CCNCC2)cc1)(B(O)O)c1cccc(C(=O)O)c1O. The van der Waals surface area contributed by atoms with Gasteiger partial charge in [-0.05, 0) is 30.7 Å². The Labute approximate surface area is 180 Å². The van der Waals surface area contributed by atoms with E-state index in [-0.39, 0.29) is 5.56 Å². The Morgan fingerprint density at radius 2 is 1.77 bits per heavy atom. The van der Waals surface area contributed by atoms with Crippen molar-refractivity contribution in [2.45, 2.75) is 18.9 Å². The van der Waals surface area contributed by atoms with Crippen LogP contribution in [0.25, 0.3) is 0 Å². The predicted molar refractivity (Wildman–Crippen MR) is 115 cm³/mol. The minimum atomic E-state index is -2.10. The number of aromatic carboxylic acids is 1. The quantitative estimate of drug-likeness (QED) is 0.343. The highest BCUT2D eigenvalue weighted by Gasteiger charge is 2.43. The molecule has 2 aromatic rings. The molecule has 1 saturated heterocycles. The number of aromatic hydroxyl groups is 1. The van der Waals surface area contributed by atoms with Gasteiger partial charge in [0, 0.05) is 43.9 Å². The Morgan fingerprint density at radius 3 is 2.35 bits per heavy atom. The molecule has 1 aliphatic rings. The molecule has 10 heteroatoms. The van der Waals surface area contributed by atoms with Gasteiger partial charge in [0.05, 0.1) is 0 Å². The third-order valence-corrected chi connectivity index (χ3v) is 5.55. The van der Waals surface area contributed by atoms with Gasteiger partial charge in [0.1, 0.15) is 16.8 Å². The summed E-state index contributed by atoms with van der Waals surface area (Å²) in [5.41, 5.74) is -1.02. The molecule has 2 aromatic carbocycles. The maximum Gasteiger partial charge on any atom is 0.483 e. The van der Waals surface area contributed by atoms with E-state index < -0.39 is 35.7 Å². The van der Waals surface area contributed by atoms with Crippen molar-refractivity contribution in [1.29, 1.82) is 0 Å². The van der Waals surface area contributed by atoms with E-state index >= 15 is 0 Å². The van der Waals surface area contributed by atoms with Crippen molar-refractivity contribution in [3.63, 3.8) is 0 Å². The number of rotatable bonds is 7. The lowest BCUT2D eigenvalue weighted by Crippen LogP contribution is -2.55. The first-order valence-electron chi connectivity index (χ1n) is 9.99. The van der Waals surface area contributed by atoms with Crippen LogP contribution in [-0.2, 0) is 12.0 Å². The van der Waals surface area contributed by atoms with Gasteiger partial charge in [-0.3, -0.25) is 9.69 Å². The zero-order valence-corrected chi connectivity index (χ0v) is 17.2. The van der Waals surface area contributed by atoms with Crippen LogP contribution in [0.3, 0.4) is 0 Å². The lowest BCUT2D eigenvalue weighted by atomic mass is 9.61. The van der Waals surface area contributed by atoms with Crippen LogP contribution in [0, 0.1) is 0 Å². The summed E-state index contributed by atoms with van der Waals surface area (Å²) in [5.74, 6) is -2.61. The molecule has 0 radical (unpaired) electrons. The number of nitrogens with one attached hydrogen (secondary N) is 2. The van der Waals surface area contributed by atoms with E-state index in [1.807, 2.05) is 12.1 Å². The molecular weight excluding hydrogens is 401 g/mol. The number of phenols is 1. The summed E-state index contributed by atoms with van der Waals surface area (Å²) in [4.78, 5) is 26.4. The maximum absolute atomic E-state index is 12.8. The minimum Gasteiger partial charge on any atom is -0.507 e. The molecule has 1 aliphatic heterocycles. The molecule has 0 aromatic heterocycles. The molecule has 1 heterocycles. The number of para-hydroxylation sites is 1. The Balaban J connectivity index is 1.79. The predicted octanol–water partition coefficient (Wildman–Crippen LogP) is 0.153. The van der Waals surface area contributed by atoms with Crippen molar-refractivity contribution in [3.05, 3.63) is 64.7 Å². The first-order valence-corrected chi connectivity index (χ1v) is 9.99. The summed E-state index contributed by atoms with van der Waals surface area (Å²) >= 11 is 0. The highest BCUT2D eigenvalue weighted by molar-refractivity contribution is 6.46.